The van der Waals surface area contributed by atoms with E-state index in [0.717, 1.165) is 10.0 Å². The van der Waals surface area contributed by atoms with Gasteiger partial charge in [0.05, 0.1) is 11.5 Å². The van der Waals surface area contributed by atoms with Gasteiger partial charge in [0, 0.05) is 23.2 Å². The maximum atomic E-state index is 12.1. The molecule has 1 heterocycles. The summed E-state index contributed by atoms with van der Waals surface area (Å²) in [5.41, 5.74) is 1.51. The Morgan fingerprint density at radius 1 is 1.36 bits per heavy atom. The number of carbonyl (C=O) groups excluding carboxylic acids is 2. The van der Waals surface area contributed by atoms with E-state index in [1.807, 2.05) is 13.0 Å². The lowest BCUT2D eigenvalue weighted by Gasteiger charge is -2.22. The van der Waals surface area contributed by atoms with E-state index >= 15 is 0 Å². The Morgan fingerprint density at radius 2 is 2.05 bits per heavy atom. The minimum Gasteiger partial charge on any atom is -0.333 e. The van der Waals surface area contributed by atoms with Crippen molar-refractivity contribution >= 4 is 43.3 Å². The lowest BCUT2D eigenvalue weighted by atomic mass is 10.2. The summed E-state index contributed by atoms with van der Waals surface area (Å²) in [6.07, 6.45) is 0.369. The standard InChI is InChI=1S/C14H17BrN2O4S/c1-9-3-4-10(7-12(9)15)16-13(18)14(19)17(2)11-5-6-22(20,21)8-11/h3-4,7,11H,5-6,8H2,1-2H3,(H,16,18). The molecule has 8 heteroatoms. The van der Waals surface area contributed by atoms with Gasteiger partial charge in [-0.15, -0.1) is 0 Å². The van der Waals surface area contributed by atoms with Crippen molar-refractivity contribution in [2.45, 2.75) is 19.4 Å². The highest BCUT2D eigenvalue weighted by Gasteiger charge is 2.34. The third-order valence-corrected chi connectivity index (χ3v) is 6.31. The number of rotatable bonds is 2. The van der Waals surface area contributed by atoms with Crippen LogP contribution in [0.3, 0.4) is 0 Å². The van der Waals surface area contributed by atoms with Crippen LogP contribution < -0.4 is 5.32 Å². The van der Waals surface area contributed by atoms with Gasteiger partial charge in [-0.1, -0.05) is 22.0 Å². The second kappa shape index (κ2) is 6.37. The summed E-state index contributed by atoms with van der Waals surface area (Å²) in [7, 11) is -1.64. The molecule has 0 radical (unpaired) electrons. The van der Waals surface area contributed by atoms with Gasteiger partial charge >= 0.3 is 11.8 Å². The van der Waals surface area contributed by atoms with Gasteiger partial charge in [0.15, 0.2) is 9.84 Å². The third-order valence-electron chi connectivity index (χ3n) is 3.70. The largest absolute Gasteiger partial charge is 0.333 e. The van der Waals surface area contributed by atoms with E-state index < -0.39 is 27.7 Å². The molecular formula is C14H17BrN2O4S. The quantitative estimate of drug-likeness (QED) is 0.774. The summed E-state index contributed by atoms with van der Waals surface area (Å²) in [5, 5.41) is 2.53. The number of benzene rings is 1. The molecule has 22 heavy (non-hydrogen) atoms. The van der Waals surface area contributed by atoms with Crippen LogP contribution in [0.15, 0.2) is 22.7 Å². The Labute approximate surface area is 137 Å². The predicted molar refractivity (Wildman–Crippen MR) is 87.3 cm³/mol. The molecule has 1 aliphatic heterocycles. The molecule has 120 valence electrons. The molecule has 1 aliphatic rings. The predicted octanol–water partition coefficient (Wildman–Crippen LogP) is 1.34. The monoisotopic (exact) mass is 388 g/mol. The number of hydrogen-bond acceptors (Lipinski definition) is 4. The van der Waals surface area contributed by atoms with E-state index in [0.29, 0.717) is 12.1 Å². The maximum Gasteiger partial charge on any atom is 0.313 e. The molecule has 6 nitrogen and oxygen atoms in total. The van der Waals surface area contributed by atoms with E-state index in [4.69, 9.17) is 0 Å². The summed E-state index contributed by atoms with van der Waals surface area (Å²) in [6, 6.07) is 4.79. The highest BCUT2D eigenvalue weighted by molar-refractivity contribution is 9.10. The molecule has 2 rings (SSSR count). The molecule has 1 aromatic carbocycles. The van der Waals surface area contributed by atoms with Crippen LogP contribution in [-0.4, -0.2) is 49.7 Å². The molecule has 0 aliphatic carbocycles. The summed E-state index contributed by atoms with van der Waals surface area (Å²) in [5.74, 6) is -1.54. The van der Waals surface area contributed by atoms with Gasteiger partial charge in [-0.3, -0.25) is 9.59 Å². The highest BCUT2D eigenvalue weighted by Crippen LogP contribution is 2.21. The molecule has 0 spiro atoms. The van der Waals surface area contributed by atoms with Crippen molar-refractivity contribution in [1.29, 1.82) is 0 Å². The third kappa shape index (κ3) is 3.86. The highest BCUT2D eigenvalue weighted by atomic mass is 79.9. The van der Waals surface area contributed by atoms with E-state index in [1.165, 1.54) is 11.9 Å². The fourth-order valence-electron chi connectivity index (χ4n) is 2.26. The van der Waals surface area contributed by atoms with Crippen molar-refractivity contribution in [1.82, 2.24) is 4.90 Å². The number of anilines is 1. The first kappa shape index (κ1) is 17.0. The Bertz CT molecular complexity index is 718. The summed E-state index contributed by atoms with van der Waals surface area (Å²) < 4.78 is 23.7. The van der Waals surface area contributed by atoms with Crippen LogP contribution in [0.25, 0.3) is 0 Å². The average Bonchev–Trinajstić information content (AvgIpc) is 2.81. The molecule has 1 aromatic rings. The molecular weight excluding hydrogens is 372 g/mol. The van der Waals surface area contributed by atoms with Gasteiger partial charge < -0.3 is 10.2 Å². The maximum absolute atomic E-state index is 12.1. The number of halogens is 1. The van der Waals surface area contributed by atoms with Crippen LogP contribution in [-0.2, 0) is 19.4 Å². The number of hydrogen-bond donors (Lipinski definition) is 1. The molecule has 0 aromatic heterocycles. The van der Waals surface area contributed by atoms with Gasteiger partial charge in [-0.2, -0.15) is 0 Å². The van der Waals surface area contributed by atoms with Crippen molar-refractivity contribution in [3.8, 4) is 0 Å². The van der Waals surface area contributed by atoms with Gasteiger partial charge in [-0.25, -0.2) is 8.42 Å². The van der Waals surface area contributed by atoms with Crippen LogP contribution in [0.5, 0.6) is 0 Å². The number of amides is 2. The minimum atomic E-state index is -3.10. The number of aryl methyl sites for hydroxylation is 1. The first-order chi connectivity index (χ1) is 10.2. The van der Waals surface area contributed by atoms with Crippen LogP contribution in [0, 0.1) is 6.92 Å². The fraction of sp³-hybridized carbons (Fsp3) is 0.429. The molecule has 1 fully saturated rings. The second-order valence-corrected chi connectivity index (χ2v) is 8.47. The van der Waals surface area contributed by atoms with Crippen LogP contribution >= 0.6 is 15.9 Å². The molecule has 1 atom stereocenters. The van der Waals surface area contributed by atoms with Crippen molar-refractivity contribution < 1.29 is 18.0 Å². The molecule has 1 saturated heterocycles. The second-order valence-electron chi connectivity index (χ2n) is 5.39. The van der Waals surface area contributed by atoms with E-state index in [-0.39, 0.29) is 11.5 Å². The van der Waals surface area contributed by atoms with Crippen molar-refractivity contribution in [2.75, 3.05) is 23.9 Å². The summed E-state index contributed by atoms with van der Waals surface area (Å²) in [4.78, 5) is 25.3. The molecule has 0 saturated carbocycles. The molecule has 1 unspecified atom stereocenters. The smallest absolute Gasteiger partial charge is 0.313 e. The minimum absolute atomic E-state index is 0.0574. The molecule has 0 bridgehead atoms. The normalized spacial score (nSPS) is 19.7. The number of sulfone groups is 1. The van der Waals surface area contributed by atoms with Crippen LogP contribution in [0.4, 0.5) is 5.69 Å². The summed E-state index contributed by atoms with van der Waals surface area (Å²) in [6.45, 7) is 1.91. The van der Waals surface area contributed by atoms with Gasteiger partial charge in [0.2, 0.25) is 0 Å². The first-order valence-electron chi connectivity index (χ1n) is 6.74. The van der Waals surface area contributed by atoms with Crippen molar-refractivity contribution in [3.63, 3.8) is 0 Å². The van der Waals surface area contributed by atoms with Crippen LogP contribution in [0.1, 0.15) is 12.0 Å². The lowest BCUT2D eigenvalue weighted by Crippen LogP contribution is -2.43. The van der Waals surface area contributed by atoms with Gasteiger partial charge in [-0.05, 0) is 31.0 Å². The Hall–Kier alpha value is -1.41. The topological polar surface area (TPSA) is 83.6 Å². The number of nitrogens with one attached hydrogen (secondary N) is 1. The number of likely N-dealkylation sites (N-methyl/N-ethyl adjacent to an activating group) is 1. The van der Waals surface area contributed by atoms with Gasteiger partial charge in [0.25, 0.3) is 0 Å². The Balaban J connectivity index is 2.02. The zero-order valence-corrected chi connectivity index (χ0v) is 14.7. The van der Waals surface area contributed by atoms with E-state index in [2.05, 4.69) is 21.2 Å². The van der Waals surface area contributed by atoms with E-state index in [1.54, 1.807) is 12.1 Å². The number of nitrogens with zero attached hydrogens (tertiary/aromatic N) is 1. The molecule has 1 N–H and O–H groups in total. The average molecular weight is 389 g/mol. The zero-order chi connectivity index (χ0) is 16.5. The lowest BCUT2D eigenvalue weighted by molar-refractivity contribution is -0.143. The van der Waals surface area contributed by atoms with Crippen LogP contribution in [0.2, 0.25) is 0 Å². The SMILES string of the molecule is Cc1ccc(NC(=O)C(=O)N(C)C2CCS(=O)(=O)C2)cc1Br. The van der Waals surface area contributed by atoms with Crippen molar-refractivity contribution in [2.24, 2.45) is 0 Å². The first-order valence-corrected chi connectivity index (χ1v) is 9.36. The zero-order valence-electron chi connectivity index (χ0n) is 12.3. The van der Waals surface area contributed by atoms with Crippen molar-refractivity contribution in [3.05, 3.63) is 28.2 Å². The van der Waals surface area contributed by atoms with Gasteiger partial charge in [0.1, 0.15) is 0 Å². The number of carbonyl (C=O) groups is 2. The fourth-order valence-corrected chi connectivity index (χ4v) is 4.42. The Kier molecular flexibility index (Phi) is 4.91. The Morgan fingerprint density at radius 3 is 2.59 bits per heavy atom. The summed E-state index contributed by atoms with van der Waals surface area (Å²) >= 11 is 3.35. The van der Waals surface area contributed by atoms with E-state index in [9.17, 15) is 18.0 Å². The molecule has 2 amide bonds.